The lowest BCUT2D eigenvalue weighted by atomic mass is 9.71. The Kier molecular flexibility index (Phi) is 5.76. The molecule has 0 spiro atoms. The summed E-state index contributed by atoms with van der Waals surface area (Å²) in [6, 6.07) is 2.26. The van der Waals surface area contributed by atoms with Gasteiger partial charge in [-0.1, -0.05) is 25.7 Å². The van der Waals surface area contributed by atoms with Crippen molar-refractivity contribution < 1.29 is 10.2 Å². The SMILES string of the molecule is Cc1cc(N2CC[C@]3(O)CCCC[C@@H]3C2)nc([C@H](C)N2CC[C@]3(O)CCCC[C@@H]3C2)n1. The van der Waals surface area contributed by atoms with Gasteiger partial charge in [-0.15, -0.1) is 0 Å². The Morgan fingerprint density at radius 3 is 2.26 bits per heavy atom. The molecule has 0 unspecified atom stereocenters. The molecule has 5 rings (SSSR count). The molecule has 4 aliphatic rings. The number of aromatic nitrogens is 2. The van der Waals surface area contributed by atoms with Gasteiger partial charge in [0.25, 0.3) is 0 Å². The average molecular weight is 429 g/mol. The van der Waals surface area contributed by atoms with Crippen LogP contribution < -0.4 is 4.90 Å². The number of fused-ring (bicyclic) bond motifs is 2. The summed E-state index contributed by atoms with van der Waals surface area (Å²) in [6.45, 7) is 7.93. The van der Waals surface area contributed by atoms with E-state index >= 15 is 0 Å². The highest BCUT2D eigenvalue weighted by Crippen LogP contribution is 2.42. The highest BCUT2D eigenvalue weighted by molar-refractivity contribution is 5.41. The summed E-state index contributed by atoms with van der Waals surface area (Å²) in [6.07, 6.45) is 10.7. The summed E-state index contributed by atoms with van der Waals surface area (Å²) in [4.78, 5) is 14.7. The Hall–Kier alpha value is -1.24. The van der Waals surface area contributed by atoms with Crippen LogP contribution in [0.3, 0.4) is 0 Å². The maximum Gasteiger partial charge on any atom is 0.147 e. The molecule has 5 atom stereocenters. The second kappa shape index (κ2) is 8.27. The second-order valence-electron chi connectivity index (χ2n) is 10.9. The van der Waals surface area contributed by atoms with Gasteiger partial charge in [-0.05, 0) is 52.4 Å². The van der Waals surface area contributed by atoms with Gasteiger partial charge in [-0.3, -0.25) is 4.90 Å². The molecule has 2 saturated heterocycles. The largest absolute Gasteiger partial charge is 0.390 e. The van der Waals surface area contributed by atoms with Crippen LogP contribution in [0.25, 0.3) is 0 Å². The van der Waals surface area contributed by atoms with Crippen molar-refractivity contribution in [2.75, 3.05) is 31.1 Å². The Morgan fingerprint density at radius 2 is 1.55 bits per heavy atom. The third-order valence-electron chi connectivity index (χ3n) is 8.99. The fourth-order valence-electron chi connectivity index (χ4n) is 6.81. The predicted molar refractivity (Wildman–Crippen MR) is 122 cm³/mol. The van der Waals surface area contributed by atoms with Crippen molar-refractivity contribution in [2.45, 2.75) is 95.3 Å². The fraction of sp³-hybridized carbons (Fsp3) is 0.840. The summed E-state index contributed by atoms with van der Waals surface area (Å²) in [5, 5.41) is 22.1. The Bertz CT molecular complexity index is 804. The van der Waals surface area contributed by atoms with E-state index in [2.05, 4.69) is 29.7 Å². The number of rotatable bonds is 3. The molecule has 2 aliphatic carbocycles. The van der Waals surface area contributed by atoms with Crippen molar-refractivity contribution in [1.29, 1.82) is 0 Å². The molecule has 3 heterocycles. The van der Waals surface area contributed by atoms with Gasteiger partial charge in [0.1, 0.15) is 11.6 Å². The van der Waals surface area contributed by atoms with E-state index in [4.69, 9.17) is 9.97 Å². The third kappa shape index (κ3) is 4.11. The molecule has 2 saturated carbocycles. The van der Waals surface area contributed by atoms with E-state index in [1.54, 1.807) is 0 Å². The molecule has 0 bridgehead atoms. The van der Waals surface area contributed by atoms with Crippen molar-refractivity contribution >= 4 is 5.82 Å². The van der Waals surface area contributed by atoms with Crippen LogP contribution in [-0.2, 0) is 0 Å². The van der Waals surface area contributed by atoms with Crippen LogP contribution in [0.15, 0.2) is 6.07 Å². The van der Waals surface area contributed by atoms with Crippen LogP contribution in [0.2, 0.25) is 0 Å². The van der Waals surface area contributed by atoms with Crippen molar-refractivity contribution in [3.05, 3.63) is 17.6 Å². The predicted octanol–water partition coefficient (Wildman–Crippen LogP) is 3.60. The van der Waals surface area contributed by atoms with E-state index in [-0.39, 0.29) is 6.04 Å². The molecule has 4 fully saturated rings. The van der Waals surface area contributed by atoms with Crippen LogP contribution in [0.4, 0.5) is 5.82 Å². The molecule has 2 N–H and O–H groups in total. The van der Waals surface area contributed by atoms with Gasteiger partial charge >= 0.3 is 0 Å². The van der Waals surface area contributed by atoms with Gasteiger partial charge < -0.3 is 15.1 Å². The van der Waals surface area contributed by atoms with Crippen LogP contribution in [-0.4, -0.2) is 62.5 Å². The number of hydrogen-bond acceptors (Lipinski definition) is 6. The van der Waals surface area contributed by atoms with Crippen molar-refractivity contribution in [3.63, 3.8) is 0 Å². The summed E-state index contributed by atoms with van der Waals surface area (Å²) in [7, 11) is 0. The Balaban J connectivity index is 1.32. The molecular formula is C25H40N4O2. The lowest BCUT2D eigenvalue weighted by molar-refractivity contribution is -0.102. The molecular weight excluding hydrogens is 388 g/mol. The summed E-state index contributed by atoms with van der Waals surface area (Å²) in [5.74, 6) is 2.67. The number of anilines is 1. The lowest BCUT2D eigenvalue weighted by Crippen LogP contribution is -2.54. The fourth-order valence-corrected chi connectivity index (χ4v) is 6.81. The first-order chi connectivity index (χ1) is 14.9. The number of aryl methyl sites for hydroxylation is 1. The monoisotopic (exact) mass is 428 g/mol. The molecule has 2 aliphatic heterocycles. The quantitative estimate of drug-likeness (QED) is 0.766. The molecule has 31 heavy (non-hydrogen) atoms. The number of piperidine rings is 2. The van der Waals surface area contributed by atoms with Crippen molar-refractivity contribution in [3.8, 4) is 0 Å². The van der Waals surface area contributed by atoms with E-state index < -0.39 is 11.2 Å². The molecule has 0 radical (unpaired) electrons. The van der Waals surface area contributed by atoms with E-state index in [0.717, 1.165) is 88.5 Å². The standard InChI is InChI=1S/C25H40N4O2/c1-18-15-22(29-14-12-25(31)10-6-4-8-21(25)17-29)27-23(26-18)19(2)28-13-11-24(30)9-5-3-7-20(24)16-28/h15,19-21,30-31H,3-14,16-17H2,1-2H3/t19-,20+,21+,24+,25+/m0/s1. The second-order valence-corrected chi connectivity index (χ2v) is 10.9. The average Bonchev–Trinajstić information content (AvgIpc) is 2.77. The van der Waals surface area contributed by atoms with Crippen LogP contribution >= 0.6 is 0 Å². The van der Waals surface area contributed by atoms with Gasteiger partial charge in [0.05, 0.1) is 17.2 Å². The third-order valence-corrected chi connectivity index (χ3v) is 8.99. The lowest BCUT2D eigenvalue weighted by Gasteiger charge is -2.49. The highest BCUT2D eigenvalue weighted by atomic mass is 16.3. The Labute approximate surface area is 187 Å². The number of aliphatic hydroxyl groups is 2. The minimum atomic E-state index is -0.461. The minimum absolute atomic E-state index is 0.154. The number of nitrogens with zero attached hydrogens (tertiary/aromatic N) is 4. The smallest absolute Gasteiger partial charge is 0.147 e. The minimum Gasteiger partial charge on any atom is -0.390 e. The molecule has 0 aromatic carbocycles. The summed E-state index contributed by atoms with van der Waals surface area (Å²) >= 11 is 0. The van der Waals surface area contributed by atoms with E-state index in [9.17, 15) is 10.2 Å². The summed E-state index contributed by atoms with van der Waals surface area (Å²) < 4.78 is 0. The zero-order chi connectivity index (χ0) is 21.6. The molecule has 0 amide bonds. The van der Waals surface area contributed by atoms with Crippen molar-refractivity contribution in [1.82, 2.24) is 14.9 Å². The molecule has 6 heteroatoms. The topological polar surface area (TPSA) is 72.7 Å². The number of likely N-dealkylation sites (tertiary alicyclic amines) is 1. The van der Waals surface area contributed by atoms with Gasteiger partial charge in [0, 0.05) is 49.8 Å². The van der Waals surface area contributed by atoms with Gasteiger partial charge in [0.2, 0.25) is 0 Å². The first-order valence-corrected chi connectivity index (χ1v) is 12.7. The Morgan fingerprint density at radius 1 is 0.903 bits per heavy atom. The molecule has 1 aromatic rings. The normalized spacial score (nSPS) is 37.7. The molecule has 172 valence electrons. The first-order valence-electron chi connectivity index (χ1n) is 12.7. The number of hydrogen-bond donors (Lipinski definition) is 2. The van der Waals surface area contributed by atoms with Crippen LogP contribution in [0.1, 0.15) is 88.7 Å². The van der Waals surface area contributed by atoms with E-state index in [0.29, 0.717) is 11.8 Å². The van der Waals surface area contributed by atoms with E-state index in [1.807, 2.05) is 0 Å². The zero-order valence-corrected chi connectivity index (χ0v) is 19.4. The van der Waals surface area contributed by atoms with Gasteiger partial charge in [-0.2, -0.15) is 0 Å². The van der Waals surface area contributed by atoms with Crippen molar-refractivity contribution in [2.24, 2.45) is 11.8 Å². The zero-order valence-electron chi connectivity index (χ0n) is 19.4. The van der Waals surface area contributed by atoms with Gasteiger partial charge in [-0.25, -0.2) is 9.97 Å². The maximum atomic E-state index is 11.1. The highest BCUT2D eigenvalue weighted by Gasteiger charge is 2.45. The first kappa shape index (κ1) is 21.6. The van der Waals surface area contributed by atoms with E-state index in [1.165, 1.54) is 19.3 Å². The molecule has 6 nitrogen and oxygen atoms in total. The summed E-state index contributed by atoms with van der Waals surface area (Å²) in [5.41, 5.74) is 0.109. The van der Waals surface area contributed by atoms with Gasteiger partial charge in [0.15, 0.2) is 0 Å². The van der Waals surface area contributed by atoms with Crippen LogP contribution in [0, 0.1) is 18.8 Å². The maximum absolute atomic E-state index is 11.1. The van der Waals surface area contributed by atoms with Crippen LogP contribution in [0.5, 0.6) is 0 Å². The molecule has 1 aromatic heterocycles.